The maximum Gasteiger partial charge on any atom is 0.162 e. The van der Waals surface area contributed by atoms with E-state index in [1.807, 2.05) is 12.1 Å². The number of benzene rings is 1. The van der Waals surface area contributed by atoms with Crippen LogP contribution in [-0.4, -0.2) is 9.97 Å². The van der Waals surface area contributed by atoms with Gasteiger partial charge in [0.15, 0.2) is 5.82 Å². The van der Waals surface area contributed by atoms with Crippen molar-refractivity contribution in [2.45, 2.75) is 20.3 Å². The minimum atomic E-state index is 0.414. The summed E-state index contributed by atoms with van der Waals surface area (Å²) in [5, 5.41) is 1.34. The van der Waals surface area contributed by atoms with E-state index in [1.54, 1.807) is 12.1 Å². The highest BCUT2D eigenvalue weighted by Gasteiger charge is 2.12. The quantitative estimate of drug-likeness (QED) is 0.718. The first kappa shape index (κ1) is 14.6. The lowest BCUT2D eigenvalue weighted by Gasteiger charge is -2.09. The fourth-order valence-electron chi connectivity index (χ4n) is 1.78. The third-order valence-corrected chi connectivity index (χ3v) is 3.57. The minimum absolute atomic E-state index is 0.414. The highest BCUT2D eigenvalue weighted by Crippen LogP contribution is 2.32. The maximum atomic E-state index is 6.18. The fourth-order valence-corrected chi connectivity index (χ4v) is 2.38. The molecule has 2 rings (SSSR count). The van der Waals surface area contributed by atoms with E-state index in [2.05, 4.69) is 23.8 Å². The van der Waals surface area contributed by atoms with Crippen molar-refractivity contribution in [3.63, 3.8) is 0 Å². The molecular formula is C14H13Cl3N2. The van der Waals surface area contributed by atoms with Crippen LogP contribution in [0.15, 0.2) is 24.3 Å². The summed E-state index contributed by atoms with van der Waals surface area (Å²) in [7, 11) is 0. The number of aromatic nitrogens is 2. The number of rotatable bonds is 3. The molecule has 2 nitrogen and oxygen atoms in total. The lowest BCUT2D eigenvalue weighted by atomic mass is 10.1. The van der Waals surface area contributed by atoms with Crippen LogP contribution in [0.25, 0.3) is 11.4 Å². The molecule has 100 valence electrons. The van der Waals surface area contributed by atoms with Gasteiger partial charge in [-0.1, -0.05) is 54.7 Å². The molecule has 0 spiro atoms. The van der Waals surface area contributed by atoms with Gasteiger partial charge in [-0.15, -0.1) is 0 Å². The molecule has 0 atom stereocenters. The van der Waals surface area contributed by atoms with Gasteiger partial charge in [0.25, 0.3) is 0 Å². The number of hydrogen-bond acceptors (Lipinski definition) is 2. The second kappa shape index (κ2) is 6.08. The Hall–Kier alpha value is -0.830. The molecule has 0 amide bonds. The Bertz CT molecular complexity index is 597. The minimum Gasteiger partial charge on any atom is -0.233 e. The van der Waals surface area contributed by atoms with E-state index in [1.165, 1.54) is 0 Å². The van der Waals surface area contributed by atoms with E-state index in [0.29, 0.717) is 32.5 Å². The molecule has 0 unspecified atom stereocenters. The summed E-state index contributed by atoms with van der Waals surface area (Å²) in [6.45, 7) is 4.25. The normalized spacial score (nSPS) is 11.1. The van der Waals surface area contributed by atoms with Crippen LogP contribution in [0.5, 0.6) is 0 Å². The van der Waals surface area contributed by atoms with E-state index >= 15 is 0 Å². The van der Waals surface area contributed by atoms with Gasteiger partial charge < -0.3 is 0 Å². The second-order valence-electron chi connectivity index (χ2n) is 4.70. The van der Waals surface area contributed by atoms with Gasteiger partial charge >= 0.3 is 0 Å². The van der Waals surface area contributed by atoms with Crippen LogP contribution in [-0.2, 0) is 6.42 Å². The van der Waals surface area contributed by atoms with E-state index < -0.39 is 0 Å². The topological polar surface area (TPSA) is 25.8 Å². The van der Waals surface area contributed by atoms with Crippen LogP contribution in [0.1, 0.15) is 19.5 Å². The second-order valence-corrected chi connectivity index (χ2v) is 5.88. The summed E-state index contributed by atoms with van der Waals surface area (Å²) in [6.07, 6.45) is 0.841. The molecule has 0 fully saturated rings. The Labute approximate surface area is 127 Å². The third-order valence-electron chi connectivity index (χ3n) is 2.56. The van der Waals surface area contributed by atoms with Crippen molar-refractivity contribution < 1.29 is 0 Å². The monoisotopic (exact) mass is 314 g/mol. The molecule has 2 aromatic rings. The highest BCUT2D eigenvalue weighted by atomic mass is 35.5. The molecule has 0 aliphatic heterocycles. The Morgan fingerprint density at radius 2 is 1.84 bits per heavy atom. The molecule has 0 saturated carbocycles. The van der Waals surface area contributed by atoms with Gasteiger partial charge in [0.05, 0.1) is 10.0 Å². The summed E-state index contributed by atoms with van der Waals surface area (Å²) >= 11 is 18.2. The van der Waals surface area contributed by atoms with Crippen molar-refractivity contribution in [1.82, 2.24) is 9.97 Å². The van der Waals surface area contributed by atoms with Crippen molar-refractivity contribution >= 4 is 34.8 Å². The maximum absolute atomic E-state index is 6.18. The number of halogens is 3. The van der Waals surface area contributed by atoms with Crippen LogP contribution in [0.3, 0.4) is 0 Å². The molecule has 0 radical (unpaired) electrons. The summed E-state index contributed by atoms with van der Waals surface area (Å²) < 4.78 is 0. The van der Waals surface area contributed by atoms with Crippen LogP contribution in [0.4, 0.5) is 0 Å². The molecule has 0 saturated heterocycles. The zero-order valence-corrected chi connectivity index (χ0v) is 12.9. The van der Waals surface area contributed by atoms with Crippen molar-refractivity contribution in [2.24, 2.45) is 5.92 Å². The molecule has 0 N–H and O–H groups in total. The first-order chi connectivity index (χ1) is 8.97. The molecular weight excluding hydrogens is 303 g/mol. The average molecular weight is 316 g/mol. The zero-order valence-electron chi connectivity index (χ0n) is 10.6. The Balaban J connectivity index is 2.50. The highest BCUT2D eigenvalue weighted by molar-refractivity contribution is 6.43. The van der Waals surface area contributed by atoms with E-state index in [9.17, 15) is 0 Å². The van der Waals surface area contributed by atoms with Gasteiger partial charge in [-0.05, 0) is 30.5 Å². The first-order valence-electron chi connectivity index (χ1n) is 5.95. The molecule has 0 aliphatic rings. The van der Waals surface area contributed by atoms with Gasteiger partial charge in [0.1, 0.15) is 5.15 Å². The van der Waals surface area contributed by atoms with Crippen LogP contribution in [0, 0.1) is 5.92 Å². The van der Waals surface area contributed by atoms with Gasteiger partial charge in [0.2, 0.25) is 0 Å². The van der Waals surface area contributed by atoms with Crippen LogP contribution < -0.4 is 0 Å². The number of hydrogen-bond donors (Lipinski definition) is 0. The Morgan fingerprint density at radius 3 is 2.53 bits per heavy atom. The molecule has 1 aromatic carbocycles. The molecule has 0 bridgehead atoms. The van der Waals surface area contributed by atoms with Crippen LogP contribution >= 0.6 is 34.8 Å². The summed E-state index contributed by atoms with van der Waals surface area (Å²) in [4.78, 5) is 8.73. The van der Waals surface area contributed by atoms with Crippen molar-refractivity contribution in [1.29, 1.82) is 0 Å². The largest absolute Gasteiger partial charge is 0.233 e. The SMILES string of the molecule is CC(C)Cc1cc(Cl)nc(-c2cccc(Cl)c2Cl)n1. The van der Waals surface area contributed by atoms with Crippen molar-refractivity contribution in [3.8, 4) is 11.4 Å². The van der Waals surface area contributed by atoms with E-state index in [-0.39, 0.29) is 0 Å². The predicted molar refractivity (Wildman–Crippen MR) is 81.0 cm³/mol. The molecule has 0 aliphatic carbocycles. The fraction of sp³-hybridized carbons (Fsp3) is 0.286. The molecule has 1 heterocycles. The first-order valence-corrected chi connectivity index (χ1v) is 7.08. The predicted octanol–water partition coefficient (Wildman–Crippen LogP) is 5.30. The van der Waals surface area contributed by atoms with Gasteiger partial charge in [0, 0.05) is 11.3 Å². The average Bonchev–Trinajstić information content (AvgIpc) is 2.31. The molecule has 1 aromatic heterocycles. The lowest BCUT2D eigenvalue weighted by Crippen LogP contribution is -2.01. The standard InChI is InChI=1S/C14H13Cl3N2/c1-8(2)6-9-7-12(16)19-14(18-9)10-4-3-5-11(15)13(10)17/h3-5,7-8H,6H2,1-2H3. The smallest absolute Gasteiger partial charge is 0.162 e. The zero-order chi connectivity index (χ0) is 14.0. The summed E-state index contributed by atoms with van der Waals surface area (Å²) in [5.41, 5.74) is 1.60. The van der Waals surface area contributed by atoms with E-state index in [0.717, 1.165) is 12.1 Å². The van der Waals surface area contributed by atoms with Crippen molar-refractivity contribution in [3.05, 3.63) is 45.2 Å². The van der Waals surface area contributed by atoms with Gasteiger partial charge in [-0.2, -0.15) is 0 Å². The van der Waals surface area contributed by atoms with E-state index in [4.69, 9.17) is 34.8 Å². The third kappa shape index (κ3) is 3.59. The van der Waals surface area contributed by atoms with Gasteiger partial charge in [-0.3, -0.25) is 0 Å². The summed E-state index contributed by atoms with van der Waals surface area (Å²) in [5.74, 6) is 1.00. The van der Waals surface area contributed by atoms with Crippen molar-refractivity contribution in [2.75, 3.05) is 0 Å². The Kier molecular flexibility index (Phi) is 4.67. The summed E-state index contributed by atoms with van der Waals surface area (Å²) in [6, 6.07) is 7.16. The number of nitrogens with zero attached hydrogens (tertiary/aromatic N) is 2. The Morgan fingerprint density at radius 1 is 1.11 bits per heavy atom. The molecule has 5 heteroatoms. The van der Waals surface area contributed by atoms with Gasteiger partial charge in [-0.25, -0.2) is 9.97 Å². The lowest BCUT2D eigenvalue weighted by molar-refractivity contribution is 0.634. The van der Waals surface area contributed by atoms with Crippen LogP contribution in [0.2, 0.25) is 15.2 Å². The molecule has 19 heavy (non-hydrogen) atoms.